The third kappa shape index (κ3) is 6.72. The van der Waals surface area contributed by atoms with Crippen LogP contribution >= 0.6 is 0 Å². The molecule has 0 aromatic heterocycles. The highest BCUT2D eigenvalue weighted by atomic mass is 19.1. The Morgan fingerprint density at radius 1 is 1.04 bits per heavy atom. The normalized spacial score (nSPS) is 10.7. The number of halogens is 1. The number of likely N-dealkylation sites (N-methyl/N-ethyl adjacent to an activating group) is 1. The molecular weight excluding hydrogens is 333 g/mol. The lowest BCUT2D eigenvalue weighted by Gasteiger charge is -2.17. The monoisotopic (exact) mass is 359 g/mol. The van der Waals surface area contributed by atoms with Gasteiger partial charge in [-0.2, -0.15) is 0 Å². The van der Waals surface area contributed by atoms with Crippen LogP contribution in [0, 0.1) is 5.82 Å². The van der Waals surface area contributed by atoms with Crippen LogP contribution in [0.2, 0.25) is 0 Å². The van der Waals surface area contributed by atoms with Gasteiger partial charge >= 0.3 is 0 Å². The second kappa shape index (κ2) is 9.77. The van der Waals surface area contributed by atoms with Gasteiger partial charge in [0.2, 0.25) is 5.91 Å². The van der Waals surface area contributed by atoms with E-state index in [0.717, 1.165) is 11.3 Å². The Kier molecular flexibility index (Phi) is 7.41. The molecule has 0 bridgehead atoms. The molecule has 0 radical (unpaired) electrons. The number of amides is 1. The van der Waals surface area contributed by atoms with Gasteiger partial charge < -0.3 is 15.0 Å². The minimum Gasteiger partial charge on any atom is -0.492 e. The Morgan fingerprint density at radius 3 is 2.31 bits per heavy atom. The molecule has 0 unspecified atom stereocenters. The standard InChI is InChI=1S/C20H26FN3O2/c1-23(2)18-8-4-16(5-9-18)14-22-20(25)15-24(3)12-13-26-19-10-6-17(21)7-11-19/h4-11H,12-15H2,1-3H3,(H,22,25). The molecule has 0 saturated carbocycles. The van der Waals surface area contributed by atoms with Gasteiger partial charge in [0.05, 0.1) is 6.54 Å². The predicted molar refractivity (Wildman–Crippen MR) is 102 cm³/mol. The van der Waals surface area contributed by atoms with Crippen LogP contribution in [0.5, 0.6) is 5.75 Å². The lowest BCUT2D eigenvalue weighted by atomic mass is 10.2. The van der Waals surface area contributed by atoms with Gasteiger partial charge in [-0.05, 0) is 49.0 Å². The molecule has 0 atom stereocenters. The number of anilines is 1. The van der Waals surface area contributed by atoms with Crippen molar-refractivity contribution in [2.24, 2.45) is 0 Å². The Morgan fingerprint density at radius 2 is 1.69 bits per heavy atom. The van der Waals surface area contributed by atoms with Crippen LogP contribution in [0.25, 0.3) is 0 Å². The molecule has 0 saturated heterocycles. The number of nitrogens with zero attached hydrogens (tertiary/aromatic N) is 2. The van der Waals surface area contributed by atoms with Crippen LogP contribution in [0.4, 0.5) is 10.1 Å². The summed E-state index contributed by atoms with van der Waals surface area (Å²) in [5.74, 6) is 0.291. The number of hydrogen-bond acceptors (Lipinski definition) is 4. The molecule has 26 heavy (non-hydrogen) atoms. The zero-order valence-corrected chi connectivity index (χ0v) is 15.5. The van der Waals surface area contributed by atoms with Crippen LogP contribution in [-0.2, 0) is 11.3 Å². The highest BCUT2D eigenvalue weighted by Crippen LogP contribution is 2.12. The number of hydrogen-bond donors (Lipinski definition) is 1. The minimum atomic E-state index is -0.289. The largest absolute Gasteiger partial charge is 0.492 e. The maximum Gasteiger partial charge on any atom is 0.234 e. The molecule has 2 aromatic rings. The average molecular weight is 359 g/mol. The zero-order chi connectivity index (χ0) is 18.9. The molecule has 0 aliphatic carbocycles. The van der Waals surface area contributed by atoms with Gasteiger partial charge in [0, 0.05) is 32.9 Å². The summed E-state index contributed by atoms with van der Waals surface area (Å²) < 4.78 is 18.3. The second-order valence-electron chi connectivity index (χ2n) is 6.38. The van der Waals surface area contributed by atoms with E-state index in [9.17, 15) is 9.18 Å². The summed E-state index contributed by atoms with van der Waals surface area (Å²) in [7, 11) is 5.85. The number of rotatable bonds is 9. The van der Waals surface area contributed by atoms with Crippen molar-refractivity contribution in [1.82, 2.24) is 10.2 Å². The molecule has 0 fully saturated rings. The molecule has 0 spiro atoms. The first-order valence-corrected chi connectivity index (χ1v) is 8.54. The lowest BCUT2D eigenvalue weighted by molar-refractivity contribution is -0.122. The van der Waals surface area contributed by atoms with E-state index in [1.807, 2.05) is 55.2 Å². The van der Waals surface area contributed by atoms with E-state index in [4.69, 9.17) is 4.74 Å². The van der Waals surface area contributed by atoms with Gasteiger partial charge in [0.1, 0.15) is 18.2 Å². The van der Waals surface area contributed by atoms with E-state index in [1.54, 1.807) is 12.1 Å². The van der Waals surface area contributed by atoms with Gasteiger partial charge in [0.25, 0.3) is 0 Å². The van der Waals surface area contributed by atoms with E-state index in [2.05, 4.69) is 5.32 Å². The topological polar surface area (TPSA) is 44.8 Å². The molecule has 5 nitrogen and oxygen atoms in total. The first-order chi connectivity index (χ1) is 12.4. The summed E-state index contributed by atoms with van der Waals surface area (Å²) in [6.45, 7) is 1.83. The number of benzene rings is 2. The number of nitrogens with one attached hydrogen (secondary N) is 1. The summed E-state index contributed by atoms with van der Waals surface area (Å²) in [5, 5.41) is 2.92. The molecule has 1 N–H and O–H groups in total. The van der Waals surface area contributed by atoms with Crippen molar-refractivity contribution in [2.45, 2.75) is 6.54 Å². The van der Waals surface area contributed by atoms with Crippen LogP contribution in [0.1, 0.15) is 5.56 Å². The van der Waals surface area contributed by atoms with Crippen molar-refractivity contribution in [3.05, 3.63) is 59.9 Å². The number of carbonyl (C=O) groups is 1. The fraction of sp³-hybridized carbons (Fsp3) is 0.350. The summed E-state index contributed by atoms with van der Waals surface area (Å²) in [4.78, 5) is 15.9. The van der Waals surface area contributed by atoms with Crippen LogP contribution in [-0.4, -0.2) is 51.6 Å². The maximum atomic E-state index is 12.8. The average Bonchev–Trinajstić information content (AvgIpc) is 2.62. The van der Waals surface area contributed by atoms with Crippen molar-refractivity contribution >= 4 is 11.6 Å². The van der Waals surface area contributed by atoms with Gasteiger partial charge in [0.15, 0.2) is 0 Å². The van der Waals surface area contributed by atoms with Gasteiger partial charge in [-0.25, -0.2) is 4.39 Å². The predicted octanol–water partition coefficient (Wildman–Crippen LogP) is 2.52. The van der Waals surface area contributed by atoms with E-state index in [1.165, 1.54) is 12.1 Å². The lowest BCUT2D eigenvalue weighted by Crippen LogP contribution is -2.36. The highest BCUT2D eigenvalue weighted by Gasteiger charge is 2.07. The van der Waals surface area contributed by atoms with Crippen LogP contribution in [0.3, 0.4) is 0 Å². The first kappa shape index (κ1) is 19.7. The summed E-state index contributed by atoms with van der Waals surface area (Å²) in [5.41, 5.74) is 2.19. The third-order valence-corrected chi connectivity index (χ3v) is 3.91. The molecule has 6 heteroatoms. The van der Waals surface area contributed by atoms with Crippen molar-refractivity contribution in [1.29, 1.82) is 0 Å². The number of carbonyl (C=O) groups excluding carboxylic acids is 1. The first-order valence-electron chi connectivity index (χ1n) is 8.54. The van der Waals surface area contributed by atoms with E-state index < -0.39 is 0 Å². The Labute approximate surface area is 154 Å². The summed E-state index contributed by atoms with van der Waals surface area (Å²) >= 11 is 0. The van der Waals surface area contributed by atoms with Crippen molar-refractivity contribution in [3.63, 3.8) is 0 Å². The Hall–Kier alpha value is -2.60. The van der Waals surface area contributed by atoms with Crippen molar-refractivity contribution in [3.8, 4) is 5.75 Å². The Bertz CT molecular complexity index is 687. The molecule has 1 amide bonds. The number of ether oxygens (including phenoxy) is 1. The highest BCUT2D eigenvalue weighted by molar-refractivity contribution is 5.77. The van der Waals surface area contributed by atoms with Gasteiger partial charge in [-0.3, -0.25) is 9.69 Å². The molecular formula is C20H26FN3O2. The molecule has 140 valence electrons. The van der Waals surface area contributed by atoms with Gasteiger partial charge in [-0.15, -0.1) is 0 Å². The fourth-order valence-electron chi connectivity index (χ4n) is 2.34. The van der Waals surface area contributed by atoms with E-state index in [-0.39, 0.29) is 11.7 Å². The van der Waals surface area contributed by atoms with E-state index >= 15 is 0 Å². The summed E-state index contributed by atoms with van der Waals surface area (Å²) in [6, 6.07) is 14.0. The Balaban J connectivity index is 1.65. The van der Waals surface area contributed by atoms with Crippen LogP contribution < -0.4 is 15.0 Å². The maximum absolute atomic E-state index is 12.8. The SMILES string of the molecule is CN(CCOc1ccc(F)cc1)CC(=O)NCc1ccc(N(C)C)cc1. The molecule has 0 aliphatic rings. The fourth-order valence-corrected chi connectivity index (χ4v) is 2.34. The van der Waals surface area contributed by atoms with Crippen LogP contribution in [0.15, 0.2) is 48.5 Å². The smallest absolute Gasteiger partial charge is 0.234 e. The molecule has 0 aliphatic heterocycles. The minimum absolute atomic E-state index is 0.0361. The molecule has 2 rings (SSSR count). The third-order valence-electron chi connectivity index (χ3n) is 3.91. The molecule has 2 aromatic carbocycles. The second-order valence-corrected chi connectivity index (χ2v) is 6.38. The van der Waals surface area contributed by atoms with Gasteiger partial charge in [-0.1, -0.05) is 12.1 Å². The summed E-state index contributed by atoms with van der Waals surface area (Å²) in [6.07, 6.45) is 0. The van der Waals surface area contributed by atoms with Crippen molar-refractivity contribution in [2.75, 3.05) is 45.7 Å². The van der Waals surface area contributed by atoms with Crippen molar-refractivity contribution < 1.29 is 13.9 Å². The quantitative estimate of drug-likeness (QED) is 0.747. The molecule has 0 heterocycles. The van der Waals surface area contributed by atoms with E-state index in [0.29, 0.717) is 32.0 Å². The zero-order valence-electron chi connectivity index (χ0n) is 15.5.